The highest BCUT2D eigenvalue weighted by atomic mass is 16.2. The number of hydrogen-bond acceptors (Lipinski definition) is 3. The van der Waals surface area contributed by atoms with Gasteiger partial charge in [-0.1, -0.05) is 31.4 Å². The Labute approximate surface area is 126 Å². The van der Waals surface area contributed by atoms with E-state index in [-0.39, 0.29) is 18.0 Å². The maximum Gasteiger partial charge on any atom is 0.244 e. The highest BCUT2D eigenvalue weighted by Crippen LogP contribution is 2.27. The van der Waals surface area contributed by atoms with E-state index in [1.54, 1.807) is 0 Å². The van der Waals surface area contributed by atoms with E-state index in [4.69, 9.17) is 0 Å². The molecule has 1 aliphatic heterocycles. The molecule has 4 heteroatoms. The van der Waals surface area contributed by atoms with Crippen LogP contribution >= 0.6 is 0 Å². The minimum Gasteiger partial charge on any atom is -0.381 e. The van der Waals surface area contributed by atoms with Gasteiger partial charge in [-0.25, -0.2) is 0 Å². The van der Waals surface area contributed by atoms with Gasteiger partial charge >= 0.3 is 0 Å². The normalized spacial score (nSPS) is 23.4. The minimum absolute atomic E-state index is 0.107. The lowest BCUT2D eigenvalue weighted by molar-refractivity contribution is -0.122. The van der Waals surface area contributed by atoms with E-state index in [2.05, 4.69) is 22.9 Å². The van der Waals surface area contributed by atoms with Gasteiger partial charge in [0, 0.05) is 12.6 Å². The summed E-state index contributed by atoms with van der Waals surface area (Å²) in [4.78, 5) is 12.4. The Morgan fingerprint density at radius 3 is 2.67 bits per heavy atom. The van der Waals surface area contributed by atoms with E-state index in [9.17, 15) is 4.79 Å². The lowest BCUT2D eigenvalue weighted by atomic mass is 9.84. The van der Waals surface area contributed by atoms with Gasteiger partial charge in [0.1, 0.15) is 6.04 Å². The molecule has 0 aromatic heterocycles. The van der Waals surface area contributed by atoms with Gasteiger partial charge in [0.25, 0.3) is 0 Å². The van der Waals surface area contributed by atoms with Crippen LogP contribution in [0.5, 0.6) is 0 Å². The molecule has 1 aliphatic carbocycles. The fraction of sp³-hybridized carbons (Fsp3) is 0.588. The van der Waals surface area contributed by atoms with Crippen molar-refractivity contribution >= 4 is 17.3 Å². The molecule has 0 saturated heterocycles. The van der Waals surface area contributed by atoms with E-state index in [0.29, 0.717) is 12.5 Å². The van der Waals surface area contributed by atoms with Crippen molar-refractivity contribution in [1.82, 2.24) is 5.32 Å². The van der Waals surface area contributed by atoms with Crippen molar-refractivity contribution < 1.29 is 4.79 Å². The van der Waals surface area contributed by atoms with Gasteiger partial charge < -0.3 is 16.0 Å². The average Bonchev–Trinajstić information content (AvgIpc) is 2.55. The number of fused-ring (bicyclic) bond motifs is 1. The monoisotopic (exact) mass is 287 g/mol. The second kappa shape index (κ2) is 6.37. The zero-order chi connectivity index (χ0) is 14.7. The third kappa shape index (κ3) is 3.31. The van der Waals surface area contributed by atoms with E-state index in [1.807, 2.05) is 24.3 Å². The van der Waals surface area contributed by atoms with Crippen LogP contribution < -0.4 is 16.0 Å². The Morgan fingerprint density at radius 1 is 1.19 bits per heavy atom. The van der Waals surface area contributed by atoms with E-state index in [1.165, 1.54) is 32.1 Å². The van der Waals surface area contributed by atoms with Gasteiger partial charge in [-0.2, -0.15) is 0 Å². The molecule has 3 N–H and O–H groups in total. The number of rotatable bonds is 3. The average molecular weight is 287 g/mol. The molecule has 0 radical (unpaired) electrons. The Balaban J connectivity index is 1.56. The first-order chi connectivity index (χ1) is 10.2. The predicted octanol–water partition coefficient (Wildman–Crippen LogP) is 2.98. The lowest BCUT2D eigenvalue weighted by Gasteiger charge is -2.32. The smallest absolute Gasteiger partial charge is 0.244 e. The molecule has 0 spiro atoms. The molecule has 4 nitrogen and oxygen atoms in total. The van der Waals surface area contributed by atoms with E-state index >= 15 is 0 Å². The van der Waals surface area contributed by atoms with Gasteiger partial charge in [-0.3, -0.25) is 4.79 Å². The summed E-state index contributed by atoms with van der Waals surface area (Å²) < 4.78 is 0. The quantitative estimate of drug-likeness (QED) is 0.801. The van der Waals surface area contributed by atoms with Crippen molar-refractivity contribution in [2.24, 2.45) is 5.92 Å². The highest BCUT2D eigenvalue weighted by Gasteiger charge is 2.27. The van der Waals surface area contributed by atoms with E-state index in [0.717, 1.165) is 11.4 Å². The predicted molar refractivity (Wildman–Crippen MR) is 86.5 cm³/mol. The zero-order valence-corrected chi connectivity index (χ0v) is 12.7. The third-order valence-corrected chi connectivity index (χ3v) is 4.80. The topological polar surface area (TPSA) is 53.2 Å². The van der Waals surface area contributed by atoms with Crippen LogP contribution in [0.2, 0.25) is 0 Å². The first kappa shape index (κ1) is 14.2. The molecule has 2 atom stereocenters. The van der Waals surface area contributed by atoms with Crippen LogP contribution in [0.4, 0.5) is 11.4 Å². The molecule has 1 saturated carbocycles. The number of carbonyl (C=O) groups excluding carboxylic acids is 1. The number of benzene rings is 1. The molecular formula is C17H25N3O. The first-order valence-corrected chi connectivity index (χ1v) is 8.14. The van der Waals surface area contributed by atoms with E-state index < -0.39 is 0 Å². The summed E-state index contributed by atoms with van der Waals surface area (Å²) in [6, 6.07) is 8.10. The largest absolute Gasteiger partial charge is 0.381 e. The number of nitrogens with one attached hydrogen (secondary N) is 3. The Kier molecular flexibility index (Phi) is 4.32. The summed E-state index contributed by atoms with van der Waals surface area (Å²) in [5.41, 5.74) is 2.08. The summed E-state index contributed by atoms with van der Waals surface area (Å²) in [6.07, 6.45) is 6.46. The van der Waals surface area contributed by atoms with Crippen molar-refractivity contribution in [3.63, 3.8) is 0 Å². The molecule has 2 unspecified atom stereocenters. The lowest BCUT2D eigenvalue weighted by Crippen LogP contribution is -2.50. The number of para-hydroxylation sites is 2. The van der Waals surface area contributed by atoms with Crippen LogP contribution in [0, 0.1) is 5.92 Å². The highest BCUT2D eigenvalue weighted by molar-refractivity contribution is 5.88. The number of amides is 1. The van der Waals surface area contributed by atoms with Crippen molar-refractivity contribution in [2.45, 2.75) is 51.1 Å². The molecule has 1 aromatic rings. The van der Waals surface area contributed by atoms with Crippen molar-refractivity contribution in [3.05, 3.63) is 24.3 Å². The Hall–Kier alpha value is -1.71. The van der Waals surface area contributed by atoms with Crippen LogP contribution in [0.15, 0.2) is 24.3 Å². The second-order valence-electron chi connectivity index (χ2n) is 6.32. The first-order valence-electron chi connectivity index (χ1n) is 8.14. The minimum atomic E-state index is -0.189. The Bertz CT molecular complexity index is 497. The molecule has 1 aromatic carbocycles. The van der Waals surface area contributed by atoms with Crippen molar-refractivity contribution in [3.8, 4) is 0 Å². The second-order valence-corrected chi connectivity index (χ2v) is 6.32. The van der Waals surface area contributed by atoms with Gasteiger partial charge in [-0.05, 0) is 37.8 Å². The number of anilines is 2. The van der Waals surface area contributed by atoms with Crippen LogP contribution in [0.25, 0.3) is 0 Å². The summed E-state index contributed by atoms with van der Waals surface area (Å²) in [6.45, 7) is 2.79. The molecule has 1 fully saturated rings. The molecule has 3 rings (SSSR count). The SMILES string of the molecule is CC(NC(=O)C1CNc2ccccc2N1)C1CCCCC1. The third-order valence-electron chi connectivity index (χ3n) is 4.80. The summed E-state index contributed by atoms with van der Waals surface area (Å²) >= 11 is 0. The molecule has 1 heterocycles. The maximum atomic E-state index is 12.4. The molecule has 0 bridgehead atoms. The van der Waals surface area contributed by atoms with Crippen LogP contribution in [-0.4, -0.2) is 24.5 Å². The van der Waals surface area contributed by atoms with Crippen LogP contribution in [-0.2, 0) is 4.79 Å². The van der Waals surface area contributed by atoms with Crippen LogP contribution in [0.1, 0.15) is 39.0 Å². The van der Waals surface area contributed by atoms with Gasteiger partial charge in [0.05, 0.1) is 11.4 Å². The fourth-order valence-corrected chi connectivity index (χ4v) is 3.45. The van der Waals surface area contributed by atoms with Crippen LogP contribution in [0.3, 0.4) is 0 Å². The number of carbonyl (C=O) groups is 1. The molecular weight excluding hydrogens is 262 g/mol. The fourth-order valence-electron chi connectivity index (χ4n) is 3.45. The van der Waals surface area contributed by atoms with Gasteiger partial charge in [0.2, 0.25) is 5.91 Å². The van der Waals surface area contributed by atoms with Crippen molar-refractivity contribution in [2.75, 3.05) is 17.2 Å². The Morgan fingerprint density at radius 2 is 1.90 bits per heavy atom. The molecule has 21 heavy (non-hydrogen) atoms. The summed E-state index contributed by atoms with van der Waals surface area (Å²) in [5, 5.41) is 9.86. The zero-order valence-electron chi connectivity index (χ0n) is 12.7. The maximum absolute atomic E-state index is 12.4. The summed E-state index contributed by atoms with van der Waals surface area (Å²) in [5.74, 6) is 0.751. The number of hydrogen-bond donors (Lipinski definition) is 3. The molecule has 2 aliphatic rings. The molecule has 1 amide bonds. The van der Waals surface area contributed by atoms with Crippen molar-refractivity contribution in [1.29, 1.82) is 0 Å². The van der Waals surface area contributed by atoms with Gasteiger partial charge in [-0.15, -0.1) is 0 Å². The van der Waals surface area contributed by atoms with Gasteiger partial charge in [0.15, 0.2) is 0 Å². The standard InChI is InChI=1S/C17H25N3O/c1-12(13-7-3-2-4-8-13)19-17(21)16-11-18-14-9-5-6-10-15(14)20-16/h5-6,9-10,12-13,16,18,20H,2-4,7-8,11H2,1H3,(H,19,21). The molecule has 114 valence electrons. The summed E-state index contributed by atoms with van der Waals surface area (Å²) in [7, 11) is 0.